The molecule has 2 aromatic rings. The third-order valence-electron chi connectivity index (χ3n) is 4.43. The number of nitro benzene ring substituents is 1. The molecule has 1 unspecified atom stereocenters. The molecule has 0 aliphatic carbocycles. The smallest absolute Gasteiger partial charge is 0.273 e. The predicted octanol–water partition coefficient (Wildman–Crippen LogP) is 3.88. The van der Waals surface area contributed by atoms with Gasteiger partial charge < -0.3 is 4.90 Å². The van der Waals surface area contributed by atoms with Gasteiger partial charge in [0.1, 0.15) is 0 Å². The van der Waals surface area contributed by atoms with E-state index < -0.39 is 4.92 Å². The van der Waals surface area contributed by atoms with Gasteiger partial charge in [0.2, 0.25) is 0 Å². The maximum Gasteiger partial charge on any atom is 0.273 e. The summed E-state index contributed by atoms with van der Waals surface area (Å²) in [6.45, 7) is 2.32. The van der Waals surface area contributed by atoms with Crippen LogP contribution in [0.15, 0.2) is 48.5 Å². The molecule has 1 amide bonds. The van der Waals surface area contributed by atoms with E-state index in [4.69, 9.17) is 0 Å². The molecular formula is C18H18N2O3. The van der Waals surface area contributed by atoms with Crippen LogP contribution < -0.4 is 0 Å². The van der Waals surface area contributed by atoms with Crippen LogP contribution in [-0.2, 0) is 0 Å². The lowest BCUT2D eigenvalue weighted by atomic mass is 10.0. The van der Waals surface area contributed by atoms with E-state index in [-0.39, 0.29) is 17.6 Å². The Morgan fingerprint density at radius 2 is 1.91 bits per heavy atom. The van der Waals surface area contributed by atoms with Gasteiger partial charge in [-0.05, 0) is 31.4 Å². The summed E-state index contributed by atoms with van der Waals surface area (Å²) in [4.78, 5) is 25.4. The van der Waals surface area contributed by atoms with Gasteiger partial charge >= 0.3 is 0 Å². The van der Waals surface area contributed by atoms with Gasteiger partial charge in [0, 0.05) is 23.7 Å². The normalized spacial score (nSPS) is 17.3. The largest absolute Gasteiger partial charge is 0.332 e. The molecule has 0 aromatic heterocycles. The van der Waals surface area contributed by atoms with E-state index >= 15 is 0 Å². The Hall–Kier alpha value is -2.69. The minimum atomic E-state index is -0.440. The van der Waals surface area contributed by atoms with Crippen molar-refractivity contribution in [3.8, 4) is 0 Å². The van der Waals surface area contributed by atoms with Gasteiger partial charge in [0.15, 0.2) is 0 Å². The summed E-state index contributed by atoms with van der Waals surface area (Å²) in [7, 11) is 0. The predicted molar refractivity (Wildman–Crippen MR) is 87.3 cm³/mol. The Morgan fingerprint density at radius 3 is 2.61 bits per heavy atom. The second-order valence-electron chi connectivity index (χ2n) is 5.77. The molecule has 0 radical (unpaired) electrons. The van der Waals surface area contributed by atoms with Crippen molar-refractivity contribution in [3.05, 3.63) is 75.3 Å². The van der Waals surface area contributed by atoms with Crippen LogP contribution in [0.1, 0.15) is 40.4 Å². The van der Waals surface area contributed by atoms with E-state index in [0.29, 0.717) is 17.7 Å². The lowest BCUT2D eigenvalue weighted by Crippen LogP contribution is -2.31. The van der Waals surface area contributed by atoms with Crippen LogP contribution in [0.25, 0.3) is 0 Å². The van der Waals surface area contributed by atoms with Gasteiger partial charge in [-0.2, -0.15) is 0 Å². The van der Waals surface area contributed by atoms with Crippen LogP contribution >= 0.6 is 0 Å². The number of nitro groups is 1. The van der Waals surface area contributed by atoms with Crippen molar-refractivity contribution >= 4 is 11.6 Å². The molecule has 1 aliphatic rings. The number of carbonyl (C=O) groups excluding carboxylic acids is 1. The fraction of sp³-hybridized carbons (Fsp3) is 0.278. The topological polar surface area (TPSA) is 63.5 Å². The summed E-state index contributed by atoms with van der Waals surface area (Å²) in [5.74, 6) is -0.127. The summed E-state index contributed by atoms with van der Waals surface area (Å²) in [6.07, 6.45) is 1.86. The molecule has 5 heteroatoms. The maximum atomic E-state index is 12.9. The summed E-state index contributed by atoms with van der Waals surface area (Å²) >= 11 is 0. The molecule has 118 valence electrons. The second-order valence-corrected chi connectivity index (χ2v) is 5.77. The van der Waals surface area contributed by atoms with E-state index in [1.54, 1.807) is 19.1 Å². The molecule has 3 rings (SSSR count). The highest BCUT2D eigenvalue weighted by atomic mass is 16.6. The Balaban J connectivity index is 1.94. The molecule has 5 nitrogen and oxygen atoms in total. The number of benzene rings is 2. The zero-order valence-electron chi connectivity index (χ0n) is 12.9. The van der Waals surface area contributed by atoms with E-state index in [9.17, 15) is 14.9 Å². The minimum Gasteiger partial charge on any atom is -0.332 e. The summed E-state index contributed by atoms with van der Waals surface area (Å²) in [5, 5.41) is 11.1. The third-order valence-corrected chi connectivity index (χ3v) is 4.43. The Labute approximate surface area is 134 Å². The molecule has 1 atom stereocenters. The minimum absolute atomic E-state index is 0.00805. The molecule has 2 aromatic carbocycles. The lowest BCUT2D eigenvalue weighted by Gasteiger charge is -2.25. The highest BCUT2D eigenvalue weighted by molar-refractivity contribution is 5.97. The first kappa shape index (κ1) is 15.2. The first-order chi connectivity index (χ1) is 11.1. The molecule has 1 heterocycles. The number of hydrogen-bond donors (Lipinski definition) is 0. The van der Waals surface area contributed by atoms with Crippen molar-refractivity contribution in [2.24, 2.45) is 0 Å². The quantitative estimate of drug-likeness (QED) is 0.638. The fourth-order valence-electron chi connectivity index (χ4n) is 3.24. The van der Waals surface area contributed by atoms with E-state index in [1.165, 1.54) is 6.07 Å². The van der Waals surface area contributed by atoms with E-state index in [2.05, 4.69) is 0 Å². The number of hydrogen-bond acceptors (Lipinski definition) is 3. The molecule has 1 saturated heterocycles. The molecule has 0 saturated carbocycles. The Morgan fingerprint density at radius 1 is 1.17 bits per heavy atom. The summed E-state index contributed by atoms with van der Waals surface area (Å²) < 4.78 is 0. The van der Waals surface area contributed by atoms with Crippen LogP contribution in [0.3, 0.4) is 0 Å². The van der Waals surface area contributed by atoms with Gasteiger partial charge in [-0.15, -0.1) is 0 Å². The summed E-state index contributed by atoms with van der Waals surface area (Å²) in [6, 6.07) is 14.7. The fourth-order valence-corrected chi connectivity index (χ4v) is 3.24. The van der Waals surface area contributed by atoms with Crippen LogP contribution in [0.2, 0.25) is 0 Å². The standard InChI is InChI=1S/C18H18N2O3/c1-13-15(9-5-10-16(13)20(22)23)18(21)19-12-6-11-17(19)14-7-3-2-4-8-14/h2-5,7-10,17H,6,11-12H2,1H3. The van der Waals surface area contributed by atoms with Crippen molar-refractivity contribution in [2.45, 2.75) is 25.8 Å². The molecule has 1 aliphatic heterocycles. The number of rotatable bonds is 3. The highest BCUT2D eigenvalue weighted by Gasteiger charge is 2.32. The van der Waals surface area contributed by atoms with Crippen LogP contribution in [0, 0.1) is 17.0 Å². The van der Waals surface area contributed by atoms with Crippen molar-refractivity contribution in [1.82, 2.24) is 4.90 Å². The van der Waals surface area contributed by atoms with E-state index in [1.807, 2.05) is 35.2 Å². The van der Waals surface area contributed by atoms with Crippen molar-refractivity contribution in [1.29, 1.82) is 0 Å². The summed E-state index contributed by atoms with van der Waals surface area (Å²) in [5.41, 5.74) is 1.95. The average molecular weight is 310 g/mol. The van der Waals surface area contributed by atoms with Gasteiger partial charge in [0.25, 0.3) is 11.6 Å². The second kappa shape index (κ2) is 6.20. The lowest BCUT2D eigenvalue weighted by molar-refractivity contribution is -0.385. The molecule has 1 fully saturated rings. The Kier molecular flexibility index (Phi) is 4.10. The monoisotopic (exact) mass is 310 g/mol. The Bertz CT molecular complexity index is 743. The van der Waals surface area contributed by atoms with Crippen LogP contribution in [-0.4, -0.2) is 22.3 Å². The highest BCUT2D eigenvalue weighted by Crippen LogP contribution is 2.34. The first-order valence-electron chi connectivity index (χ1n) is 7.69. The molecule has 23 heavy (non-hydrogen) atoms. The SMILES string of the molecule is Cc1c(C(=O)N2CCCC2c2ccccc2)cccc1[N+](=O)[O-]. The molecule has 0 N–H and O–H groups in total. The van der Waals surface area contributed by atoms with Crippen LogP contribution in [0.4, 0.5) is 5.69 Å². The van der Waals surface area contributed by atoms with Crippen molar-refractivity contribution < 1.29 is 9.72 Å². The molecular weight excluding hydrogens is 292 g/mol. The number of likely N-dealkylation sites (tertiary alicyclic amines) is 1. The van der Waals surface area contributed by atoms with E-state index in [0.717, 1.165) is 18.4 Å². The maximum absolute atomic E-state index is 12.9. The number of amides is 1. The number of carbonyl (C=O) groups is 1. The average Bonchev–Trinajstić information content (AvgIpc) is 3.04. The van der Waals surface area contributed by atoms with Gasteiger partial charge in [-0.1, -0.05) is 36.4 Å². The van der Waals surface area contributed by atoms with Crippen molar-refractivity contribution in [2.75, 3.05) is 6.54 Å². The van der Waals surface area contributed by atoms with Crippen LogP contribution in [0.5, 0.6) is 0 Å². The zero-order valence-corrected chi connectivity index (χ0v) is 12.9. The number of nitrogens with zero attached hydrogens (tertiary/aromatic N) is 2. The first-order valence-corrected chi connectivity index (χ1v) is 7.69. The third kappa shape index (κ3) is 2.82. The van der Waals surface area contributed by atoms with Gasteiger partial charge in [0.05, 0.1) is 11.0 Å². The molecule has 0 bridgehead atoms. The van der Waals surface area contributed by atoms with Crippen molar-refractivity contribution in [3.63, 3.8) is 0 Å². The zero-order chi connectivity index (χ0) is 16.4. The van der Waals surface area contributed by atoms with Gasteiger partial charge in [-0.3, -0.25) is 14.9 Å². The van der Waals surface area contributed by atoms with Gasteiger partial charge in [-0.25, -0.2) is 0 Å². The molecule has 0 spiro atoms.